The molecule has 0 heterocycles. The van der Waals surface area contributed by atoms with E-state index in [-0.39, 0.29) is 5.56 Å². The Morgan fingerprint density at radius 3 is 2.42 bits per heavy atom. The molecule has 0 aromatic heterocycles. The average molecular weight is 166 g/mol. The van der Waals surface area contributed by atoms with Gasteiger partial charge in [-0.2, -0.15) is 5.26 Å². The molecule has 0 aliphatic rings. The second-order valence-corrected chi connectivity index (χ2v) is 1.85. The molecule has 0 saturated carbocycles. The highest BCUT2D eigenvalue weighted by molar-refractivity contribution is 5.44. The lowest BCUT2D eigenvalue weighted by Gasteiger charge is -1.93. The number of hydrogen-bond acceptors (Lipinski definition) is 2. The summed E-state index contributed by atoms with van der Waals surface area (Å²) in [6.07, 6.45) is 0. The van der Waals surface area contributed by atoms with Crippen LogP contribution in [0.25, 0.3) is 0 Å². The highest BCUT2D eigenvalue weighted by Crippen LogP contribution is 2.09. The third-order valence-corrected chi connectivity index (χ3v) is 1.11. The zero-order valence-corrected chi connectivity index (χ0v) is 7.13. The molecule has 1 rings (SSSR count). The summed E-state index contributed by atoms with van der Waals surface area (Å²) in [5.74, 6) is -0.567. The molecular formula is C9H11FN2. The number of nitrogens with two attached hydrogens (primary N) is 1. The van der Waals surface area contributed by atoms with Gasteiger partial charge in [0, 0.05) is 5.69 Å². The van der Waals surface area contributed by atoms with Crippen molar-refractivity contribution in [2.45, 2.75) is 13.8 Å². The first-order valence-corrected chi connectivity index (χ1v) is 3.69. The molecule has 2 nitrogen and oxygen atoms in total. The summed E-state index contributed by atoms with van der Waals surface area (Å²) in [4.78, 5) is 0. The molecular weight excluding hydrogens is 155 g/mol. The topological polar surface area (TPSA) is 49.8 Å². The Bertz CT molecular complexity index is 289. The molecule has 0 spiro atoms. The van der Waals surface area contributed by atoms with Crippen molar-refractivity contribution in [2.75, 3.05) is 5.73 Å². The summed E-state index contributed by atoms with van der Waals surface area (Å²) in [6.45, 7) is 4.00. The van der Waals surface area contributed by atoms with E-state index in [0.29, 0.717) is 5.69 Å². The zero-order chi connectivity index (χ0) is 9.56. The fourth-order valence-electron chi connectivity index (χ4n) is 0.622. The van der Waals surface area contributed by atoms with Crippen LogP contribution in [0.2, 0.25) is 0 Å². The molecule has 0 bridgehead atoms. The maximum absolute atomic E-state index is 12.5. The van der Waals surface area contributed by atoms with Crippen molar-refractivity contribution in [1.29, 1.82) is 5.26 Å². The van der Waals surface area contributed by atoms with Crippen molar-refractivity contribution in [3.8, 4) is 6.07 Å². The Labute approximate surface area is 71.4 Å². The van der Waals surface area contributed by atoms with Gasteiger partial charge in [0.2, 0.25) is 0 Å². The highest BCUT2D eigenvalue weighted by Gasteiger charge is 1.98. The predicted octanol–water partition coefficient (Wildman–Crippen LogP) is 2.31. The van der Waals surface area contributed by atoms with E-state index in [1.165, 1.54) is 12.1 Å². The third-order valence-electron chi connectivity index (χ3n) is 1.11. The fraction of sp³-hybridized carbons (Fsp3) is 0.222. The van der Waals surface area contributed by atoms with Gasteiger partial charge in [-0.3, -0.25) is 0 Å². The van der Waals surface area contributed by atoms with Gasteiger partial charge in [-0.25, -0.2) is 4.39 Å². The Morgan fingerprint density at radius 2 is 2.00 bits per heavy atom. The number of hydrogen-bond donors (Lipinski definition) is 1. The number of anilines is 1. The number of nitriles is 1. The van der Waals surface area contributed by atoms with Crippen LogP contribution in [0, 0.1) is 17.1 Å². The Kier molecular flexibility index (Phi) is 4.47. The molecule has 0 aliphatic carbocycles. The van der Waals surface area contributed by atoms with Gasteiger partial charge in [0.1, 0.15) is 11.9 Å². The summed E-state index contributed by atoms with van der Waals surface area (Å²) < 4.78 is 12.5. The van der Waals surface area contributed by atoms with Gasteiger partial charge in [0.25, 0.3) is 0 Å². The number of halogens is 1. The fourth-order valence-corrected chi connectivity index (χ4v) is 0.622. The minimum absolute atomic E-state index is 0.0224. The molecule has 0 amide bonds. The van der Waals surface area contributed by atoms with Gasteiger partial charge < -0.3 is 5.73 Å². The molecule has 3 heteroatoms. The van der Waals surface area contributed by atoms with Crippen LogP contribution in [0.4, 0.5) is 10.1 Å². The lowest BCUT2D eigenvalue weighted by atomic mass is 10.2. The molecule has 2 N–H and O–H groups in total. The molecule has 0 atom stereocenters. The van der Waals surface area contributed by atoms with E-state index >= 15 is 0 Å². The third kappa shape index (κ3) is 2.59. The minimum Gasteiger partial charge on any atom is -0.399 e. The van der Waals surface area contributed by atoms with Crippen LogP contribution in [0.15, 0.2) is 18.2 Å². The maximum Gasteiger partial charge on any atom is 0.142 e. The number of nitrogens with zero attached hydrogens (tertiary/aromatic N) is 1. The van der Waals surface area contributed by atoms with Gasteiger partial charge >= 0.3 is 0 Å². The second-order valence-electron chi connectivity index (χ2n) is 1.85. The van der Waals surface area contributed by atoms with Gasteiger partial charge in [-0.15, -0.1) is 0 Å². The molecule has 0 saturated heterocycles. The van der Waals surface area contributed by atoms with Crippen LogP contribution in [-0.2, 0) is 0 Å². The van der Waals surface area contributed by atoms with Crippen molar-refractivity contribution in [2.24, 2.45) is 0 Å². The van der Waals surface area contributed by atoms with Crippen LogP contribution in [0.3, 0.4) is 0 Å². The van der Waals surface area contributed by atoms with Gasteiger partial charge in [-0.1, -0.05) is 13.8 Å². The van der Waals surface area contributed by atoms with E-state index < -0.39 is 5.82 Å². The molecule has 0 unspecified atom stereocenters. The van der Waals surface area contributed by atoms with Crippen molar-refractivity contribution in [1.82, 2.24) is 0 Å². The van der Waals surface area contributed by atoms with Crippen LogP contribution in [0.5, 0.6) is 0 Å². The van der Waals surface area contributed by atoms with E-state index in [2.05, 4.69) is 0 Å². The number of rotatable bonds is 0. The van der Waals surface area contributed by atoms with E-state index in [1.54, 1.807) is 6.07 Å². The first kappa shape index (κ1) is 10.4. The predicted molar refractivity (Wildman–Crippen MR) is 46.9 cm³/mol. The molecule has 0 radical (unpaired) electrons. The van der Waals surface area contributed by atoms with E-state index in [1.807, 2.05) is 13.8 Å². The standard InChI is InChI=1S/C7H5FN2.C2H6/c8-7-3-6(10)2-1-5(7)4-9;1-2/h1-3H,10H2;1-2H3. The number of benzene rings is 1. The van der Waals surface area contributed by atoms with Gasteiger partial charge in [0.05, 0.1) is 5.56 Å². The van der Waals surface area contributed by atoms with Crippen molar-refractivity contribution in [3.05, 3.63) is 29.6 Å². The normalized spacial score (nSPS) is 7.83. The van der Waals surface area contributed by atoms with E-state index in [0.717, 1.165) is 6.07 Å². The lowest BCUT2D eigenvalue weighted by Crippen LogP contribution is -1.88. The maximum atomic E-state index is 12.5. The van der Waals surface area contributed by atoms with Crippen LogP contribution >= 0.6 is 0 Å². The first-order valence-electron chi connectivity index (χ1n) is 3.69. The largest absolute Gasteiger partial charge is 0.399 e. The average Bonchev–Trinajstić information content (AvgIpc) is 2.08. The highest BCUT2D eigenvalue weighted by atomic mass is 19.1. The molecule has 1 aromatic carbocycles. The van der Waals surface area contributed by atoms with Crippen LogP contribution in [-0.4, -0.2) is 0 Å². The van der Waals surface area contributed by atoms with E-state index in [9.17, 15) is 4.39 Å². The molecule has 1 aromatic rings. The smallest absolute Gasteiger partial charge is 0.142 e. The molecule has 64 valence electrons. The molecule has 0 aliphatic heterocycles. The molecule has 0 fully saturated rings. The summed E-state index contributed by atoms with van der Waals surface area (Å²) in [5.41, 5.74) is 5.59. The van der Waals surface area contributed by atoms with Crippen LogP contribution < -0.4 is 5.73 Å². The quantitative estimate of drug-likeness (QED) is 0.601. The van der Waals surface area contributed by atoms with Crippen molar-refractivity contribution < 1.29 is 4.39 Å². The second kappa shape index (κ2) is 5.14. The number of nitrogen functional groups attached to an aromatic ring is 1. The SMILES string of the molecule is CC.N#Cc1ccc(N)cc1F. The summed E-state index contributed by atoms with van der Waals surface area (Å²) >= 11 is 0. The minimum atomic E-state index is -0.567. The van der Waals surface area contributed by atoms with Gasteiger partial charge in [0.15, 0.2) is 0 Å². The van der Waals surface area contributed by atoms with Crippen molar-refractivity contribution in [3.63, 3.8) is 0 Å². The Balaban J connectivity index is 0.000000561. The molecule has 12 heavy (non-hydrogen) atoms. The van der Waals surface area contributed by atoms with Crippen LogP contribution in [0.1, 0.15) is 19.4 Å². The lowest BCUT2D eigenvalue weighted by molar-refractivity contribution is 0.624. The van der Waals surface area contributed by atoms with E-state index in [4.69, 9.17) is 11.0 Å². The Morgan fingerprint density at radius 1 is 1.42 bits per heavy atom. The zero-order valence-electron chi connectivity index (χ0n) is 7.13. The Hall–Kier alpha value is -1.56. The summed E-state index contributed by atoms with van der Waals surface area (Å²) in [6, 6.07) is 5.66. The van der Waals surface area contributed by atoms with Crippen molar-refractivity contribution >= 4 is 5.69 Å². The summed E-state index contributed by atoms with van der Waals surface area (Å²) in [5, 5.41) is 8.28. The summed E-state index contributed by atoms with van der Waals surface area (Å²) in [7, 11) is 0. The first-order chi connectivity index (χ1) is 5.74. The monoisotopic (exact) mass is 166 g/mol. The van der Waals surface area contributed by atoms with Gasteiger partial charge in [-0.05, 0) is 18.2 Å².